The van der Waals surface area contributed by atoms with Crippen molar-refractivity contribution in [1.29, 1.82) is 0 Å². The lowest BCUT2D eigenvalue weighted by Gasteiger charge is -2.14. The number of carbonyl (C=O) groups is 1. The molecule has 0 unspecified atom stereocenters. The van der Waals surface area contributed by atoms with Crippen molar-refractivity contribution in [3.8, 4) is 5.75 Å². The number of halogens is 1. The summed E-state index contributed by atoms with van der Waals surface area (Å²) in [6, 6.07) is 4.99. The summed E-state index contributed by atoms with van der Waals surface area (Å²) in [5.41, 5.74) is 0.434. The molecule has 4 nitrogen and oxygen atoms in total. The van der Waals surface area contributed by atoms with Gasteiger partial charge in [-0.25, -0.2) is 0 Å². The molecule has 1 aromatic carbocycles. The predicted octanol–water partition coefficient (Wildman–Crippen LogP) is 2.38. The van der Waals surface area contributed by atoms with Gasteiger partial charge >= 0.3 is 0 Å². The van der Waals surface area contributed by atoms with Gasteiger partial charge in [-0.3, -0.25) is 9.00 Å². The number of hydrogen-bond donors (Lipinski definition) is 1. The van der Waals surface area contributed by atoms with E-state index in [0.29, 0.717) is 34.4 Å². The molecule has 20 heavy (non-hydrogen) atoms. The number of hydrogen-bond acceptors (Lipinski definition) is 3. The van der Waals surface area contributed by atoms with Gasteiger partial charge in [-0.1, -0.05) is 18.5 Å². The first kappa shape index (κ1) is 15.3. The molecular formula is C14H18ClNO3S. The van der Waals surface area contributed by atoms with Gasteiger partial charge in [0.1, 0.15) is 5.75 Å². The summed E-state index contributed by atoms with van der Waals surface area (Å²) < 4.78 is 16.9. The third kappa shape index (κ3) is 3.96. The zero-order valence-corrected chi connectivity index (χ0v) is 12.9. The van der Waals surface area contributed by atoms with E-state index in [1.165, 1.54) is 0 Å². The van der Waals surface area contributed by atoms with E-state index < -0.39 is 10.8 Å². The Morgan fingerprint density at radius 1 is 1.55 bits per heavy atom. The maximum Gasteiger partial charge on any atom is 0.255 e. The quantitative estimate of drug-likeness (QED) is 0.907. The third-order valence-corrected chi connectivity index (χ3v) is 4.76. The number of benzene rings is 1. The fraction of sp³-hybridized carbons (Fsp3) is 0.500. The largest absolute Gasteiger partial charge is 0.493 e. The highest BCUT2D eigenvalue weighted by Crippen LogP contribution is 2.23. The molecular weight excluding hydrogens is 298 g/mol. The maximum atomic E-state index is 12.3. The van der Waals surface area contributed by atoms with Crippen molar-refractivity contribution in [3.05, 3.63) is 28.8 Å². The molecule has 6 heteroatoms. The fourth-order valence-electron chi connectivity index (χ4n) is 2.06. The van der Waals surface area contributed by atoms with E-state index in [9.17, 15) is 9.00 Å². The lowest BCUT2D eigenvalue weighted by atomic mass is 10.1. The van der Waals surface area contributed by atoms with Crippen LogP contribution in [0.2, 0.25) is 5.02 Å². The van der Waals surface area contributed by atoms with E-state index in [2.05, 4.69) is 5.32 Å². The molecule has 1 fully saturated rings. The van der Waals surface area contributed by atoms with Gasteiger partial charge in [0.25, 0.3) is 5.91 Å². The second-order valence-corrected chi connectivity index (χ2v) is 6.82. The topological polar surface area (TPSA) is 55.4 Å². The summed E-state index contributed by atoms with van der Waals surface area (Å²) >= 11 is 5.95. The average molecular weight is 316 g/mol. The van der Waals surface area contributed by atoms with Crippen molar-refractivity contribution in [2.75, 3.05) is 18.1 Å². The highest BCUT2D eigenvalue weighted by atomic mass is 35.5. The lowest BCUT2D eigenvalue weighted by Crippen LogP contribution is -2.35. The van der Waals surface area contributed by atoms with Crippen LogP contribution in [0.15, 0.2) is 18.2 Å². The van der Waals surface area contributed by atoms with Crippen LogP contribution in [0, 0.1) is 0 Å². The van der Waals surface area contributed by atoms with Crippen molar-refractivity contribution in [1.82, 2.24) is 5.32 Å². The first-order valence-corrected chi connectivity index (χ1v) is 8.55. The molecule has 2 atom stereocenters. The molecule has 1 amide bonds. The summed E-state index contributed by atoms with van der Waals surface area (Å²) in [5, 5.41) is 3.39. The summed E-state index contributed by atoms with van der Waals surface area (Å²) in [5.74, 6) is 1.49. The van der Waals surface area contributed by atoms with E-state index in [1.807, 2.05) is 6.92 Å². The Morgan fingerprint density at radius 3 is 3.00 bits per heavy atom. The first-order chi connectivity index (χ1) is 9.60. The maximum absolute atomic E-state index is 12.3. The molecule has 1 N–H and O–H groups in total. The van der Waals surface area contributed by atoms with Gasteiger partial charge in [-0.15, -0.1) is 0 Å². The summed E-state index contributed by atoms with van der Waals surface area (Å²) in [4.78, 5) is 12.3. The zero-order valence-electron chi connectivity index (χ0n) is 11.4. The Bertz CT molecular complexity index is 521. The Kier molecular flexibility index (Phi) is 5.43. The SMILES string of the molecule is CCCOc1ccc(Cl)cc1C(=O)N[C@@H]1CC[S@@](=O)C1. The Balaban J connectivity index is 2.10. The molecule has 0 aromatic heterocycles. The van der Waals surface area contributed by atoms with E-state index in [1.54, 1.807) is 18.2 Å². The second kappa shape index (κ2) is 7.09. The van der Waals surface area contributed by atoms with Crippen molar-refractivity contribution in [2.45, 2.75) is 25.8 Å². The number of carbonyl (C=O) groups excluding carboxylic acids is 1. The molecule has 0 spiro atoms. The number of nitrogens with one attached hydrogen (secondary N) is 1. The molecule has 0 radical (unpaired) electrons. The summed E-state index contributed by atoms with van der Waals surface area (Å²) in [6.07, 6.45) is 1.62. The van der Waals surface area contributed by atoms with Gasteiger partial charge in [0.2, 0.25) is 0 Å². The van der Waals surface area contributed by atoms with Gasteiger partial charge in [0.05, 0.1) is 12.2 Å². The molecule has 1 aliphatic heterocycles. The number of rotatable bonds is 5. The van der Waals surface area contributed by atoms with Crippen LogP contribution in [-0.2, 0) is 10.8 Å². The number of amides is 1. The monoisotopic (exact) mass is 315 g/mol. The molecule has 1 aromatic rings. The minimum absolute atomic E-state index is 0.0265. The summed E-state index contributed by atoms with van der Waals surface area (Å²) in [7, 11) is -0.812. The molecule has 0 bridgehead atoms. The van der Waals surface area contributed by atoms with Crippen LogP contribution in [-0.4, -0.2) is 34.3 Å². The minimum atomic E-state index is -0.812. The molecule has 0 saturated carbocycles. The average Bonchev–Trinajstić information content (AvgIpc) is 2.82. The molecule has 0 aliphatic carbocycles. The van der Waals surface area contributed by atoms with Gasteiger partial charge in [-0.2, -0.15) is 0 Å². The number of ether oxygens (including phenoxy) is 1. The van der Waals surface area contributed by atoms with Gasteiger partial charge < -0.3 is 10.1 Å². The highest BCUT2D eigenvalue weighted by Gasteiger charge is 2.24. The van der Waals surface area contributed by atoms with Crippen LogP contribution in [0.1, 0.15) is 30.1 Å². The Hall–Kier alpha value is -1.07. The highest BCUT2D eigenvalue weighted by molar-refractivity contribution is 7.85. The molecule has 2 rings (SSSR count). The van der Waals surface area contributed by atoms with Crippen LogP contribution < -0.4 is 10.1 Å². The van der Waals surface area contributed by atoms with Gasteiger partial charge in [0, 0.05) is 33.4 Å². The first-order valence-electron chi connectivity index (χ1n) is 6.68. The lowest BCUT2D eigenvalue weighted by molar-refractivity contribution is 0.0937. The van der Waals surface area contributed by atoms with Gasteiger partial charge in [0.15, 0.2) is 0 Å². The van der Waals surface area contributed by atoms with E-state index in [-0.39, 0.29) is 11.9 Å². The molecule has 1 aliphatic rings. The molecule has 1 heterocycles. The Labute approximate surface area is 126 Å². The van der Waals surface area contributed by atoms with E-state index in [4.69, 9.17) is 16.3 Å². The van der Waals surface area contributed by atoms with Crippen LogP contribution in [0.25, 0.3) is 0 Å². The predicted molar refractivity (Wildman–Crippen MR) is 81.0 cm³/mol. The minimum Gasteiger partial charge on any atom is -0.493 e. The third-order valence-electron chi connectivity index (χ3n) is 3.06. The van der Waals surface area contributed by atoms with Crippen LogP contribution in [0.4, 0.5) is 0 Å². The van der Waals surface area contributed by atoms with E-state index in [0.717, 1.165) is 12.8 Å². The van der Waals surface area contributed by atoms with Crippen LogP contribution in [0.5, 0.6) is 5.75 Å². The smallest absolute Gasteiger partial charge is 0.255 e. The normalized spacial score (nSPS) is 21.7. The fourth-order valence-corrected chi connectivity index (χ4v) is 3.64. The van der Waals surface area contributed by atoms with Gasteiger partial charge in [-0.05, 0) is 31.0 Å². The zero-order chi connectivity index (χ0) is 14.5. The van der Waals surface area contributed by atoms with Crippen molar-refractivity contribution < 1.29 is 13.7 Å². The van der Waals surface area contributed by atoms with Crippen LogP contribution in [0.3, 0.4) is 0 Å². The standard InChI is InChI=1S/C14H18ClNO3S/c1-2-6-19-13-4-3-10(15)8-12(13)14(17)16-11-5-7-20(18)9-11/h3-4,8,11H,2,5-7,9H2,1H3,(H,16,17)/t11-,20-/m1/s1. The van der Waals surface area contributed by atoms with Crippen molar-refractivity contribution in [3.63, 3.8) is 0 Å². The van der Waals surface area contributed by atoms with Crippen LogP contribution >= 0.6 is 11.6 Å². The van der Waals surface area contributed by atoms with Crippen molar-refractivity contribution in [2.24, 2.45) is 0 Å². The molecule has 110 valence electrons. The Morgan fingerprint density at radius 2 is 2.35 bits per heavy atom. The van der Waals surface area contributed by atoms with E-state index >= 15 is 0 Å². The van der Waals surface area contributed by atoms with Crippen molar-refractivity contribution >= 4 is 28.3 Å². The second-order valence-electron chi connectivity index (χ2n) is 4.76. The molecule has 1 saturated heterocycles. The summed E-state index contributed by atoms with van der Waals surface area (Å²) in [6.45, 7) is 2.55.